The van der Waals surface area contributed by atoms with Gasteiger partial charge in [0.25, 0.3) is 0 Å². The van der Waals surface area contributed by atoms with Crippen molar-refractivity contribution in [1.29, 1.82) is 0 Å². The smallest absolute Gasteiger partial charge is 0.313 e. The van der Waals surface area contributed by atoms with Crippen LogP contribution in [0.5, 0.6) is 0 Å². The van der Waals surface area contributed by atoms with Crippen molar-refractivity contribution in [3.63, 3.8) is 0 Å². The number of nitrogens with zero attached hydrogens (tertiary/aromatic N) is 3. The van der Waals surface area contributed by atoms with Crippen LogP contribution < -0.4 is 0 Å². The van der Waals surface area contributed by atoms with Gasteiger partial charge in [0, 0.05) is 18.7 Å². The van der Waals surface area contributed by atoms with Gasteiger partial charge in [-0.25, -0.2) is 0 Å². The number of carboxylic acid groups (broad SMARTS) is 1. The molecule has 5 nitrogen and oxygen atoms in total. The summed E-state index contributed by atoms with van der Waals surface area (Å²) >= 11 is 2.99. The summed E-state index contributed by atoms with van der Waals surface area (Å²) in [5.41, 5.74) is 0. The normalized spacial score (nSPS) is 10.7. The molecule has 0 saturated carbocycles. The number of carbonyl (C=O) groups is 1. The van der Waals surface area contributed by atoms with Crippen molar-refractivity contribution in [2.24, 2.45) is 0 Å². The molecule has 17 heavy (non-hydrogen) atoms. The zero-order valence-electron chi connectivity index (χ0n) is 10.0. The van der Waals surface area contributed by atoms with Crippen LogP contribution in [0.1, 0.15) is 19.2 Å². The van der Waals surface area contributed by atoms with Crippen LogP contribution in [-0.2, 0) is 17.8 Å². The summed E-state index contributed by atoms with van der Waals surface area (Å²) in [7, 11) is 0. The molecule has 1 aromatic heterocycles. The number of thioether (sulfide) groups is 2. The zero-order chi connectivity index (χ0) is 12.7. The fourth-order valence-electron chi connectivity index (χ4n) is 1.37. The van der Waals surface area contributed by atoms with Gasteiger partial charge in [-0.15, -0.1) is 10.2 Å². The van der Waals surface area contributed by atoms with E-state index in [1.54, 1.807) is 11.8 Å². The second kappa shape index (κ2) is 7.60. The van der Waals surface area contributed by atoms with Crippen LogP contribution in [0.3, 0.4) is 0 Å². The number of hydrogen-bond acceptors (Lipinski definition) is 5. The molecule has 0 amide bonds. The predicted octanol–water partition coefficient (Wildman–Crippen LogP) is 1.77. The third-order valence-corrected chi connectivity index (χ3v) is 3.65. The summed E-state index contributed by atoms with van der Waals surface area (Å²) in [5.74, 6) is 1.14. The van der Waals surface area contributed by atoms with Crippen molar-refractivity contribution in [1.82, 2.24) is 14.8 Å². The van der Waals surface area contributed by atoms with E-state index in [0.717, 1.165) is 31.0 Å². The van der Waals surface area contributed by atoms with E-state index in [9.17, 15) is 4.79 Å². The molecule has 0 atom stereocenters. The maximum absolute atomic E-state index is 10.5. The Kier molecular flexibility index (Phi) is 6.43. The lowest BCUT2D eigenvalue weighted by Crippen LogP contribution is -2.08. The maximum Gasteiger partial charge on any atom is 0.313 e. The fourth-order valence-corrected chi connectivity index (χ4v) is 2.44. The summed E-state index contributed by atoms with van der Waals surface area (Å²) < 4.78 is 2.04. The van der Waals surface area contributed by atoms with E-state index < -0.39 is 5.97 Å². The Bertz CT molecular complexity index is 368. The highest BCUT2D eigenvalue weighted by molar-refractivity contribution is 7.99. The first-order valence-corrected chi connectivity index (χ1v) is 7.82. The molecule has 0 radical (unpaired) electrons. The summed E-state index contributed by atoms with van der Waals surface area (Å²) in [5, 5.41) is 17.6. The van der Waals surface area contributed by atoms with Crippen LogP contribution in [0.4, 0.5) is 0 Å². The van der Waals surface area contributed by atoms with Crippen molar-refractivity contribution in [3.8, 4) is 0 Å². The van der Waals surface area contributed by atoms with Crippen LogP contribution in [0, 0.1) is 0 Å². The number of aromatic nitrogens is 3. The first-order valence-electron chi connectivity index (χ1n) is 5.44. The van der Waals surface area contributed by atoms with Crippen molar-refractivity contribution >= 4 is 29.5 Å². The molecule has 1 heterocycles. The third-order valence-electron chi connectivity index (χ3n) is 2.11. The fraction of sp³-hybridized carbons (Fsp3) is 0.700. The van der Waals surface area contributed by atoms with Gasteiger partial charge in [0.15, 0.2) is 5.16 Å². The average Bonchev–Trinajstić information content (AvgIpc) is 2.67. The molecule has 0 bridgehead atoms. The second-order valence-electron chi connectivity index (χ2n) is 3.48. The van der Waals surface area contributed by atoms with Gasteiger partial charge in [0.2, 0.25) is 0 Å². The molecule has 0 unspecified atom stereocenters. The predicted molar refractivity (Wildman–Crippen MR) is 70.8 cm³/mol. The van der Waals surface area contributed by atoms with Gasteiger partial charge in [-0.3, -0.25) is 4.79 Å². The highest BCUT2D eigenvalue weighted by atomic mass is 32.2. The number of hydrogen-bond donors (Lipinski definition) is 1. The van der Waals surface area contributed by atoms with Gasteiger partial charge in [0.1, 0.15) is 5.82 Å². The van der Waals surface area contributed by atoms with Crippen molar-refractivity contribution in [3.05, 3.63) is 5.82 Å². The minimum Gasteiger partial charge on any atom is -0.481 e. The summed E-state index contributed by atoms with van der Waals surface area (Å²) in [4.78, 5) is 10.5. The third kappa shape index (κ3) is 4.59. The number of aliphatic carboxylic acids is 1. The lowest BCUT2D eigenvalue weighted by molar-refractivity contribution is -0.133. The molecule has 96 valence electrons. The topological polar surface area (TPSA) is 68.0 Å². The molecule has 0 aromatic carbocycles. The van der Waals surface area contributed by atoms with E-state index in [2.05, 4.69) is 17.1 Å². The van der Waals surface area contributed by atoms with E-state index in [1.165, 1.54) is 11.8 Å². The van der Waals surface area contributed by atoms with E-state index in [4.69, 9.17) is 5.11 Å². The Balaban J connectivity index is 2.75. The first kappa shape index (κ1) is 14.4. The van der Waals surface area contributed by atoms with Gasteiger partial charge >= 0.3 is 5.97 Å². The van der Waals surface area contributed by atoms with Crippen molar-refractivity contribution in [2.45, 2.75) is 31.5 Å². The molecule has 7 heteroatoms. The lowest BCUT2D eigenvalue weighted by atomic mass is 10.3. The minimum atomic E-state index is -0.827. The molecular formula is C10H17N3O2S2. The van der Waals surface area contributed by atoms with Crippen LogP contribution >= 0.6 is 23.5 Å². The zero-order valence-corrected chi connectivity index (χ0v) is 11.7. The molecule has 1 rings (SSSR count). The highest BCUT2D eigenvalue weighted by Gasteiger charge is 2.12. The quantitative estimate of drug-likeness (QED) is 0.729. The van der Waals surface area contributed by atoms with Crippen molar-refractivity contribution in [2.75, 3.05) is 17.8 Å². The van der Waals surface area contributed by atoms with Crippen LogP contribution in [0.15, 0.2) is 5.16 Å². The van der Waals surface area contributed by atoms with Gasteiger partial charge < -0.3 is 9.67 Å². The standard InChI is InChI=1S/C10H17N3O2S2/c1-3-4-8-11-12-10(17-7-9(14)15)13(8)5-6-16-2/h3-7H2,1-2H3,(H,14,15). The summed E-state index contributed by atoms with van der Waals surface area (Å²) in [6.45, 7) is 2.93. The molecule has 0 aliphatic rings. The molecule has 1 N–H and O–H groups in total. The Labute approximate surface area is 109 Å². The van der Waals surface area contributed by atoms with Crippen molar-refractivity contribution < 1.29 is 9.90 Å². The summed E-state index contributed by atoms with van der Waals surface area (Å²) in [6.07, 6.45) is 3.95. The first-order chi connectivity index (χ1) is 8.19. The van der Waals surface area contributed by atoms with Crippen LogP contribution in [-0.4, -0.2) is 43.6 Å². The minimum absolute atomic E-state index is 0.0313. The molecule has 0 saturated heterocycles. The van der Waals surface area contributed by atoms with E-state index in [1.807, 2.05) is 10.8 Å². The van der Waals surface area contributed by atoms with E-state index in [0.29, 0.717) is 5.16 Å². The van der Waals surface area contributed by atoms with E-state index >= 15 is 0 Å². The largest absolute Gasteiger partial charge is 0.481 e. The van der Waals surface area contributed by atoms with E-state index in [-0.39, 0.29) is 5.75 Å². The molecule has 0 fully saturated rings. The van der Waals surface area contributed by atoms with Gasteiger partial charge in [-0.05, 0) is 12.7 Å². The number of rotatable bonds is 8. The monoisotopic (exact) mass is 275 g/mol. The average molecular weight is 275 g/mol. The molecule has 0 aliphatic heterocycles. The summed E-state index contributed by atoms with van der Waals surface area (Å²) in [6, 6.07) is 0. The maximum atomic E-state index is 10.5. The number of carboxylic acids is 1. The SMILES string of the molecule is CCCc1nnc(SCC(=O)O)n1CCSC. The Morgan fingerprint density at radius 2 is 2.24 bits per heavy atom. The Morgan fingerprint density at radius 1 is 1.47 bits per heavy atom. The molecule has 0 aliphatic carbocycles. The van der Waals surface area contributed by atoms with Gasteiger partial charge in [-0.1, -0.05) is 18.7 Å². The Morgan fingerprint density at radius 3 is 2.82 bits per heavy atom. The molecule has 0 spiro atoms. The van der Waals surface area contributed by atoms with Gasteiger partial charge in [-0.2, -0.15) is 11.8 Å². The molecular weight excluding hydrogens is 258 g/mol. The second-order valence-corrected chi connectivity index (χ2v) is 5.40. The lowest BCUT2D eigenvalue weighted by Gasteiger charge is -2.07. The van der Waals surface area contributed by atoms with Gasteiger partial charge in [0.05, 0.1) is 5.75 Å². The van der Waals surface area contributed by atoms with Crippen LogP contribution in [0.25, 0.3) is 0 Å². The van der Waals surface area contributed by atoms with Crippen LogP contribution in [0.2, 0.25) is 0 Å². The number of aryl methyl sites for hydroxylation is 1. The molecule has 1 aromatic rings. The Hall–Kier alpha value is -0.690. The highest BCUT2D eigenvalue weighted by Crippen LogP contribution is 2.18.